The summed E-state index contributed by atoms with van der Waals surface area (Å²) in [4.78, 5) is 11.6. The van der Waals surface area contributed by atoms with E-state index in [0.717, 1.165) is 16.8 Å². The predicted molar refractivity (Wildman–Crippen MR) is 79.7 cm³/mol. The van der Waals surface area contributed by atoms with Gasteiger partial charge in [-0.25, -0.2) is 0 Å². The van der Waals surface area contributed by atoms with Crippen molar-refractivity contribution in [3.63, 3.8) is 0 Å². The van der Waals surface area contributed by atoms with Crippen molar-refractivity contribution in [2.45, 2.75) is 34.1 Å². The standard InChI is InChI=1S/C14H20N2OS/c1-9(2)8-12(17)15-14(18)16-13-10(3)6-5-7-11(13)4/h5-7,9H,8H2,1-4H3,(H2,15,16,17,18). The van der Waals surface area contributed by atoms with E-state index in [1.807, 2.05) is 45.9 Å². The minimum Gasteiger partial charge on any atom is -0.332 e. The molecule has 4 heteroatoms. The fourth-order valence-corrected chi connectivity index (χ4v) is 1.92. The van der Waals surface area contributed by atoms with E-state index in [1.54, 1.807) is 0 Å². The predicted octanol–water partition coefficient (Wildman–Crippen LogP) is 3.16. The maximum absolute atomic E-state index is 11.6. The molecule has 1 rings (SSSR count). The maximum atomic E-state index is 11.6. The Bertz CT molecular complexity index is 435. The van der Waals surface area contributed by atoms with Gasteiger partial charge in [-0.05, 0) is 43.1 Å². The van der Waals surface area contributed by atoms with E-state index in [2.05, 4.69) is 10.6 Å². The van der Waals surface area contributed by atoms with Crippen molar-refractivity contribution in [3.8, 4) is 0 Å². The molecule has 0 spiro atoms. The topological polar surface area (TPSA) is 41.1 Å². The number of hydrogen-bond donors (Lipinski definition) is 2. The maximum Gasteiger partial charge on any atom is 0.226 e. The third-order valence-electron chi connectivity index (χ3n) is 2.57. The van der Waals surface area contributed by atoms with Crippen LogP contribution in [0.1, 0.15) is 31.4 Å². The molecule has 0 heterocycles. The van der Waals surface area contributed by atoms with Gasteiger partial charge in [-0.3, -0.25) is 4.79 Å². The van der Waals surface area contributed by atoms with E-state index < -0.39 is 0 Å². The lowest BCUT2D eigenvalue weighted by molar-refractivity contribution is -0.120. The van der Waals surface area contributed by atoms with Gasteiger partial charge in [-0.1, -0.05) is 32.0 Å². The summed E-state index contributed by atoms with van der Waals surface area (Å²) < 4.78 is 0. The molecule has 0 aliphatic rings. The quantitative estimate of drug-likeness (QED) is 0.824. The number of rotatable bonds is 3. The minimum absolute atomic E-state index is 0.0475. The Labute approximate surface area is 114 Å². The molecular weight excluding hydrogens is 244 g/mol. The minimum atomic E-state index is -0.0475. The van der Waals surface area contributed by atoms with Gasteiger partial charge in [0.05, 0.1) is 0 Å². The summed E-state index contributed by atoms with van der Waals surface area (Å²) in [5.41, 5.74) is 3.18. The highest BCUT2D eigenvalue weighted by atomic mass is 32.1. The summed E-state index contributed by atoms with van der Waals surface area (Å²) >= 11 is 5.14. The van der Waals surface area contributed by atoms with Crippen LogP contribution in [0, 0.1) is 19.8 Å². The summed E-state index contributed by atoms with van der Waals surface area (Å²) in [6.45, 7) is 8.02. The summed E-state index contributed by atoms with van der Waals surface area (Å²) in [6, 6.07) is 6.01. The number of carbonyl (C=O) groups is 1. The summed E-state index contributed by atoms with van der Waals surface area (Å²) in [6.07, 6.45) is 0.481. The zero-order valence-corrected chi connectivity index (χ0v) is 12.1. The number of carbonyl (C=O) groups excluding carboxylic acids is 1. The molecule has 0 saturated heterocycles. The Kier molecular flexibility index (Phi) is 5.28. The normalized spacial score (nSPS) is 10.3. The monoisotopic (exact) mass is 264 g/mol. The van der Waals surface area contributed by atoms with Crippen molar-refractivity contribution in [2.75, 3.05) is 5.32 Å². The van der Waals surface area contributed by atoms with Crippen LogP contribution in [0.4, 0.5) is 5.69 Å². The lowest BCUT2D eigenvalue weighted by atomic mass is 10.1. The molecule has 3 nitrogen and oxygen atoms in total. The van der Waals surface area contributed by atoms with Gasteiger partial charge < -0.3 is 10.6 Å². The first kappa shape index (κ1) is 14.6. The fraction of sp³-hybridized carbons (Fsp3) is 0.429. The Hall–Kier alpha value is -1.42. The Morgan fingerprint density at radius 2 is 1.83 bits per heavy atom. The summed E-state index contributed by atoms with van der Waals surface area (Å²) in [7, 11) is 0. The Balaban J connectivity index is 2.63. The first-order chi connectivity index (χ1) is 8.40. The second kappa shape index (κ2) is 6.50. The van der Waals surface area contributed by atoms with Gasteiger partial charge >= 0.3 is 0 Å². The second-order valence-electron chi connectivity index (χ2n) is 4.87. The molecule has 0 aliphatic carbocycles. The number of hydrogen-bond acceptors (Lipinski definition) is 2. The van der Waals surface area contributed by atoms with Crippen LogP contribution in [-0.2, 0) is 4.79 Å². The van der Waals surface area contributed by atoms with Crippen LogP contribution in [0.15, 0.2) is 18.2 Å². The number of benzene rings is 1. The summed E-state index contributed by atoms with van der Waals surface area (Å²) in [5, 5.41) is 6.14. The highest BCUT2D eigenvalue weighted by molar-refractivity contribution is 7.80. The number of aryl methyl sites for hydroxylation is 2. The number of thiocarbonyl (C=S) groups is 1. The van der Waals surface area contributed by atoms with E-state index in [0.29, 0.717) is 17.5 Å². The zero-order chi connectivity index (χ0) is 13.7. The summed E-state index contributed by atoms with van der Waals surface area (Å²) in [5.74, 6) is 0.279. The van der Waals surface area contributed by atoms with Crippen molar-refractivity contribution in [2.24, 2.45) is 5.92 Å². The first-order valence-corrected chi connectivity index (χ1v) is 6.48. The van der Waals surface area contributed by atoms with Gasteiger partial charge in [0.2, 0.25) is 5.91 Å². The third kappa shape index (κ3) is 4.45. The first-order valence-electron chi connectivity index (χ1n) is 6.07. The van der Waals surface area contributed by atoms with Crippen LogP contribution in [0.5, 0.6) is 0 Å². The smallest absolute Gasteiger partial charge is 0.226 e. The molecule has 0 atom stereocenters. The molecule has 2 N–H and O–H groups in total. The molecule has 0 saturated carbocycles. The largest absolute Gasteiger partial charge is 0.332 e. The molecule has 1 aromatic carbocycles. The van der Waals surface area contributed by atoms with E-state index in [9.17, 15) is 4.79 Å². The molecule has 1 aromatic rings. The van der Waals surface area contributed by atoms with Gasteiger partial charge in [0.15, 0.2) is 5.11 Å². The average molecular weight is 264 g/mol. The lowest BCUT2D eigenvalue weighted by Crippen LogP contribution is -2.35. The van der Waals surface area contributed by atoms with Crippen LogP contribution in [0.25, 0.3) is 0 Å². The van der Waals surface area contributed by atoms with E-state index >= 15 is 0 Å². The number of anilines is 1. The molecule has 18 heavy (non-hydrogen) atoms. The van der Waals surface area contributed by atoms with Crippen molar-refractivity contribution in [3.05, 3.63) is 29.3 Å². The molecule has 0 bridgehead atoms. The SMILES string of the molecule is Cc1cccc(C)c1NC(=S)NC(=O)CC(C)C. The van der Waals surface area contributed by atoms with Crippen LogP contribution in [-0.4, -0.2) is 11.0 Å². The molecule has 0 fully saturated rings. The van der Waals surface area contributed by atoms with E-state index in [-0.39, 0.29) is 5.91 Å². The van der Waals surface area contributed by atoms with Crippen LogP contribution in [0.3, 0.4) is 0 Å². The van der Waals surface area contributed by atoms with Crippen molar-refractivity contribution in [1.82, 2.24) is 5.32 Å². The number of para-hydroxylation sites is 1. The molecule has 0 radical (unpaired) electrons. The van der Waals surface area contributed by atoms with Gasteiger partial charge in [0.25, 0.3) is 0 Å². The number of amides is 1. The molecule has 0 unspecified atom stereocenters. The van der Waals surface area contributed by atoms with Crippen LogP contribution >= 0.6 is 12.2 Å². The third-order valence-corrected chi connectivity index (χ3v) is 2.77. The molecule has 98 valence electrons. The molecular formula is C14H20N2OS. The van der Waals surface area contributed by atoms with Crippen LogP contribution < -0.4 is 10.6 Å². The van der Waals surface area contributed by atoms with Crippen LogP contribution in [0.2, 0.25) is 0 Å². The zero-order valence-electron chi connectivity index (χ0n) is 11.3. The Morgan fingerprint density at radius 1 is 1.28 bits per heavy atom. The van der Waals surface area contributed by atoms with Crippen molar-refractivity contribution >= 4 is 28.9 Å². The fourth-order valence-electron chi connectivity index (χ4n) is 1.70. The average Bonchev–Trinajstić information content (AvgIpc) is 2.22. The van der Waals surface area contributed by atoms with Gasteiger partial charge in [-0.15, -0.1) is 0 Å². The van der Waals surface area contributed by atoms with Crippen molar-refractivity contribution < 1.29 is 4.79 Å². The lowest BCUT2D eigenvalue weighted by Gasteiger charge is -2.14. The molecule has 1 amide bonds. The van der Waals surface area contributed by atoms with E-state index in [1.165, 1.54) is 0 Å². The van der Waals surface area contributed by atoms with E-state index in [4.69, 9.17) is 12.2 Å². The molecule has 0 aromatic heterocycles. The second-order valence-corrected chi connectivity index (χ2v) is 5.28. The van der Waals surface area contributed by atoms with Gasteiger partial charge in [0, 0.05) is 12.1 Å². The molecule has 0 aliphatic heterocycles. The highest BCUT2D eigenvalue weighted by Crippen LogP contribution is 2.19. The van der Waals surface area contributed by atoms with Gasteiger partial charge in [0.1, 0.15) is 0 Å². The van der Waals surface area contributed by atoms with Crippen molar-refractivity contribution in [1.29, 1.82) is 0 Å². The van der Waals surface area contributed by atoms with Gasteiger partial charge in [-0.2, -0.15) is 0 Å². The number of nitrogens with one attached hydrogen (secondary N) is 2. The Morgan fingerprint density at radius 3 is 2.33 bits per heavy atom. The highest BCUT2D eigenvalue weighted by Gasteiger charge is 2.09.